The van der Waals surface area contributed by atoms with Gasteiger partial charge in [0.2, 0.25) is 0 Å². The number of carbonyl (C=O) groups excluding carboxylic acids is 1. The van der Waals surface area contributed by atoms with Gasteiger partial charge < -0.3 is 10.3 Å². The van der Waals surface area contributed by atoms with Crippen LogP contribution in [-0.2, 0) is 9.63 Å². The van der Waals surface area contributed by atoms with E-state index in [1.54, 1.807) is 0 Å². The Labute approximate surface area is 145 Å². The van der Waals surface area contributed by atoms with Gasteiger partial charge in [-0.3, -0.25) is 9.63 Å². The molecule has 140 valence electrons. The summed E-state index contributed by atoms with van der Waals surface area (Å²) in [4.78, 5) is 18.4. The first-order valence-corrected chi connectivity index (χ1v) is 8.77. The van der Waals surface area contributed by atoms with E-state index in [9.17, 15) is 15.1 Å². The number of ketones is 1. The molecule has 0 radical (unpaired) electrons. The number of carbonyl (C=O) groups is 1. The van der Waals surface area contributed by atoms with E-state index in [1.165, 1.54) is 5.06 Å². The van der Waals surface area contributed by atoms with Crippen LogP contribution < -0.4 is 0 Å². The second-order valence-corrected chi connectivity index (χ2v) is 9.89. The Morgan fingerprint density at radius 3 is 1.88 bits per heavy atom. The van der Waals surface area contributed by atoms with E-state index in [2.05, 4.69) is 0 Å². The van der Waals surface area contributed by atoms with Crippen LogP contribution in [-0.4, -0.2) is 60.6 Å². The minimum Gasteiger partial charge on any atom is -0.390 e. The van der Waals surface area contributed by atoms with Crippen molar-refractivity contribution in [3.05, 3.63) is 0 Å². The van der Waals surface area contributed by atoms with Crippen molar-refractivity contribution in [2.24, 2.45) is 0 Å². The molecule has 0 aliphatic carbocycles. The van der Waals surface area contributed by atoms with Crippen LogP contribution in [0.5, 0.6) is 0 Å². The molecule has 2 N–H and O–H groups in total. The zero-order chi connectivity index (χ0) is 18.7. The van der Waals surface area contributed by atoms with Crippen molar-refractivity contribution >= 4 is 5.78 Å². The Bertz CT molecular complexity index is 493. The van der Waals surface area contributed by atoms with Crippen LogP contribution in [0.4, 0.5) is 0 Å². The van der Waals surface area contributed by atoms with Gasteiger partial charge in [0.25, 0.3) is 0 Å². The Morgan fingerprint density at radius 1 is 0.958 bits per heavy atom. The highest BCUT2D eigenvalue weighted by molar-refractivity contribution is 5.81. The topological polar surface area (TPSA) is 73.2 Å². The third kappa shape index (κ3) is 3.27. The number of rotatable bonds is 2. The number of Topliss-reactive ketones (excluding diaryl/α,β-unsaturated/α-hetero) is 1. The summed E-state index contributed by atoms with van der Waals surface area (Å²) in [6, 6.07) is 0. The van der Waals surface area contributed by atoms with Gasteiger partial charge in [0, 0.05) is 29.5 Å². The normalized spacial score (nSPS) is 35.8. The minimum atomic E-state index is -0.769. The summed E-state index contributed by atoms with van der Waals surface area (Å²) in [6.07, 6.45) is -0.0716. The summed E-state index contributed by atoms with van der Waals surface area (Å²) in [5.41, 5.74) is -2.25. The molecular weight excluding hydrogens is 308 g/mol. The predicted octanol–water partition coefficient (Wildman–Crippen LogP) is 2.52. The van der Waals surface area contributed by atoms with Crippen LogP contribution in [0.3, 0.4) is 0 Å². The molecule has 0 aromatic heterocycles. The van der Waals surface area contributed by atoms with Gasteiger partial charge in [0.15, 0.2) is 0 Å². The third-order valence-electron chi connectivity index (χ3n) is 5.45. The van der Waals surface area contributed by atoms with Crippen LogP contribution >= 0.6 is 0 Å². The summed E-state index contributed by atoms with van der Waals surface area (Å²) in [5.74, 6) is 0.221. The van der Waals surface area contributed by atoms with Crippen LogP contribution in [0, 0.1) is 0 Å². The van der Waals surface area contributed by atoms with Crippen LogP contribution in [0.1, 0.15) is 74.7 Å². The van der Waals surface area contributed by atoms with Gasteiger partial charge in [-0.05, 0) is 61.8 Å². The Morgan fingerprint density at radius 2 is 1.42 bits per heavy atom. The molecule has 2 aliphatic heterocycles. The standard InChI is InChI=1S/C18H34N2O4/c1-15(2)11-13(22)14(18(7,8)19(15)23)24-20-16(3,4)9-12(21)10-17(20,5)6/h13-14,22-23H,9-11H2,1-8H3. The van der Waals surface area contributed by atoms with Gasteiger partial charge in [0.05, 0.1) is 11.6 Å². The molecule has 0 aromatic rings. The molecule has 0 bridgehead atoms. The summed E-state index contributed by atoms with van der Waals surface area (Å²) in [6.45, 7) is 15.5. The SMILES string of the molecule is CC1(C)CC(=O)CC(C)(C)N1OC1C(O)CC(C)(C)N(O)C1(C)C. The zero-order valence-electron chi connectivity index (χ0n) is 16.4. The molecular formula is C18H34N2O4. The first-order chi connectivity index (χ1) is 10.6. The average molecular weight is 342 g/mol. The fraction of sp³-hybridized carbons (Fsp3) is 0.944. The molecule has 2 aliphatic rings. The molecule has 0 aromatic carbocycles. The van der Waals surface area contributed by atoms with E-state index in [0.29, 0.717) is 19.3 Å². The van der Waals surface area contributed by atoms with Crippen molar-refractivity contribution in [1.29, 1.82) is 0 Å². The molecule has 2 rings (SSSR count). The lowest BCUT2D eigenvalue weighted by Gasteiger charge is -2.58. The van der Waals surface area contributed by atoms with Gasteiger partial charge in [0.1, 0.15) is 11.9 Å². The third-order valence-corrected chi connectivity index (χ3v) is 5.45. The minimum absolute atomic E-state index is 0.221. The van der Waals surface area contributed by atoms with Crippen LogP contribution in [0.25, 0.3) is 0 Å². The number of hydrogen-bond donors (Lipinski definition) is 2. The maximum Gasteiger partial charge on any atom is 0.136 e. The first-order valence-electron chi connectivity index (χ1n) is 8.77. The van der Waals surface area contributed by atoms with E-state index in [4.69, 9.17) is 4.84 Å². The van der Waals surface area contributed by atoms with Crippen molar-refractivity contribution in [3.63, 3.8) is 0 Å². The second kappa shape index (κ2) is 5.74. The predicted molar refractivity (Wildman–Crippen MR) is 91.5 cm³/mol. The molecule has 2 atom stereocenters. The lowest BCUT2D eigenvalue weighted by molar-refractivity contribution is -0.371. The van der Waals surface area contributed by atoms with Gasteiger partial charge >= 0.3 is 0 Å². The lowest BCUT2D eigenvalue weighted by atomic mass is 9.77. The Kier molecular flexibility index (Phi) is 4.74. The van der Waals surface area contributed by atoms with Crippen molar-refractivity contribution < 1.29 is 19.9 Å². The molecule has 24 heavy (non-hydrogen) atoms. The molecule has 2 saturated heterocycles. The van der Waals surface area contributed by atoms with Gasteiger partial charge in [-0.1, -0.05) is 0 Å². The second-order valence-electron chi connectivity index (χ2n) is 9.89. The Balaban J connectivity index is 2.33. The quantitative estimate of drug-likeness (QED) is 0.803. The summed E-state index contributed by atoms with van der Waals surface area (Å²) in [7, 11) is 0. The maximum absolute atomic E-state index is 12.1. The van der Waals surface area contributed by atoms with Crippen molar-refractivity contribution in [2.45, 2.75) is 109 Å². The summed E-state index contributed by atoms with van der Waals surface area (Å²) < 4.78 is 0. The highest BCUT2D eigenvalue weighted by atomic mass is 16.7. The van der Waals surface area contributed by atoms with E-state index in [1.807, 2.05) is 60.5 Å². The Hall–Kier alpha value is -0.530. The zero-order valence-corrected chi connectivity index (χ0v) is 16.4. The van der Waals surface area contributed by atoms with Crippen LogP contribution in [0.2, 0.25) is 0 Å². The molecule has 0 amide bonds. The van der Waals surface area contributed by atoms with Gasteiger partial charge in [-0.2, -0.15) is 10.1 Å². The van der Waals surface area contributed by atoms with E-state index < -0.39 is 34.4 Å². The summed E-state index contributed by atoms with van der Waals surface area (Å²) in [5, 5.41) is 24.5. The largest absolute Gasteiger partial charge is 0.390 e. The maximum atomic E-state index is 12.1. The molecule has 2 heterocycles. The van der Waals surface area contributed by atoms with E-state index >= 15 is 0 Å². The first kappa shape index (κ1) is 19.8. The van der Waals surface area contributed by atoms with Crippen molar-refractivity contribution in [2.75, 3.05) is 0 Å². The number of hydrogen-bond acceptors (Lipinski definition) is 6. The molecule has 6 heteroatoms. The van der Waals surface area contributed by atoms with Gasteiger partial charge in [-0.15, -0.1) is 0 Å². The highest BCUT2D eigenvalue weighted by Gasteiger charge is 2.56. The molecule has 2 unspecified atom stereocenters. The van der Waals surface area contributed by atoms with Crippen molar-refractivity contribution in [3.8, 4) is 0 Å². The number of nitrogens with zero attached hydrogens (tertiary/aromatic N) is 2. The smallest absolute Gasteiger partial charge is 0.136 e. The average Bonchev–Trinajstić information content (AvgIpc) is 2.32. The molecule has 0 saturated carbocycles. The summed E-state index contributed by atoms with van der Waals surface area (Å²) >= 11 is 0. The number of piperidine rings is 2. The number of aliphatic hydroxyl groups is 1. The monoisotopic (exact) mass is 342 g/mol. The molecule has 0 spiro atoms. The molecule has 2 fully saturated rings. The fourth-order valence-corrected chi connectivity index (χ4v) is 4.67. The number of hydroxylamine groups is 4. The van der Waals surface area contributed by atoms with Crippen molar-refractivity contribution in [1.82, 2.24) is 10.1 Å². The van der Waals surface area contributed by atoms with E-state index in [-0.39, 0.29) is 5.78 Å². The van der Waals surface area contributed by atoms with E-state index in [0.717, 1.165) is 0 Å². The van der Waals surface area contributed by atoms with Crippen LogP contribution in [0.15, 0.2) is 0 Å². The fourth-order valence-electron chi connectivity index (χ4n) is 4.67. The number of aliphatic hydroxyl groups excluding tert-OH is 1. The highest BCUT2D eigenvalue weighted by Crippen LogP contribution is 2.43. The molecule has 6 nitrogen and oxygen atoms in total. The van der Waals surface area contributed by atoms with Gasteiger partial charge in [-0.25, -0.2) is 0 Å². The lowest BCUT2D eigenvalue weighted by Crippen LogP contribution is -2.71.